The molecule has 2 fully saturated rings. The molecule has 0 aromatic heterocycles. The van der Waals surface area contributed by atoms with Gasteiger partial charge in [-0.05, 0) is 73.5 Å². The van der Waals surface area contributed by atoms with Gasteiger partial charge in [0.15, 0.2) is 0 Å². The molecule has 5 unspecified atom stereocenters. The zero-order valence-corrected chi connectivity index (χ0v) is 14.8. The van der Waals surface area contributed by atoms with Crippen molar-refractivity contribution in [1.82, 2.24) is 0 Å². The van der Waals surface area contributed by atoms with Crippen LogP contribution < -0.4 is 0 Å². The van der Waals surface area contributed by atoms with E-state index in [1.54, 1.807) is 0 Å². The molecular weight excluding hydrogens is 240 g/mol. The van der Waals surface area contributed by atoms with E-state index in [2.05, 4.69) is 34.6 Å². The Morgan fingerprint density at radius 1 is 1.10 bits per heavy atom. The van der Waals surface area contributed by atoms with Crippen LogP contribution in [0.2, 0.25) is 0 Å². The summed E-state index contributed by atoms with van der Waals surface area (Å²) < 4.78 is 0. The maximum absolute atomic E-state index is 2.67. The number of fused-ring (bicyclic) bond motifs is 1. The van der Waals surface area contributed by atoms with Gasteiger partial charge in [-0.2, -0.15) is 0 Å². The molecule has 0 aliphatic heterocycles. The smallest absolute Gasteiger partial charge is 0.0266 e. The summed E-state index contributed by atoms with van der Waals surface area (Å²) in [5.74, 6) is 4.96. The Hall–Kier alpha value is 0. The fourth-order valence-corrected chi connectivity index (χ4v) is 5.64. The molecule has 2 aliphatic rings. The van der Waals surface area contributed by atoms with Gasteiger partial charge in [-0.1, -0.05) is 53.9 Å². The van der Waals surface area contributed by atoms with Gasteiger partial charge in [0.05, 0.1) is 0 Å². The van der Waals surface area contributed by atoms with Gasteiger partial charge in [-0.25, -0.2) is 0 Å². The van der Waals surface area contributed by atoms with Gasteiger partial charge in [-0.15, -0.1) is 0 Å². The van der Waals surface area contributed by atoms with Crippen LogP contribution in [0, 0.1) is 35.0 Å². The summed E-state index contributed by atoms with van der Waals surface area (Å²) >= 11 is 0. The molecule has 0 heterocycles. The number of rotatable bonds is 6. The van der Waals surface area contributed by atoms with E-state index < -0.39 is 0 Å². The van der Waals surface area contributed by atoms with Crippen LogP contribution in [0.25, 0.3) is 0 Å². The zero-order chi connectivity index (χ0) is 14.8. The zero-order valence-electron chi connectivity index (χ0n) is 14.8. The summed E-state index contributed by atoms with van der Waals surface area (Å²) in [5, 5.41) is 0. The van der Waals surface area contributed by atoms with E-state index in [1.807, 2.05) is 0 Å². The molecule has 0 saturated heterocycles. The minimum Gasteiger partial charge on any atom is -0.0654 e. The standard InChI is InChI=1S/C20H38/c1-6-7-8-9-17-10-11-19-18(14-15(2)3)16(4)12-13-20(17,19)5/h15-19H,6-14H2,1-5H3. The predicted octanol–water partition coefficient (Wildman–Crippen LogP) is 6.69. The molecule has 0 nitrogen and oxygen atoms in total. The first-order valence-electron chi connectivity index (χ1n) is 9.49. The maximum Gasteiger partial charge on any atom is -0.0266 e. The monoisotopic (exact) mass is 278 g/mol. The predicted molar refractivity (Wildman–Crippen MR) is 89.8 cm³/mol. The summed E-state index contributed by atoms with van der Waals surface area (Å²) in [6.45, 7) is 12.4. The highest BCUT2D eigenvalue weighted by Gasteiger charge is 2.52. The van der Waals surface area contributed by atoms with Gasteiger partial charge < -0.3 is 0 Å². The molecule has 0 amide bonds. The molecule has 0 spiro atoms. The molecule has 2 rings (SSSR count). The Morgan fingerprint density at radius 3 is 2.50 bits per heavy atom. The van der Waals surface area contributed by atoms with Crippen LogP contribution in [-0.4, -0.2) is 0 Å². The van der Waals surface area contributed by atoms with Crippen LogP contribution in [0.3, 0.4) is 0 Å². The third-order valence-electron chi connectivity index (χ3n) is 6.89. The lowest BCUT2D eigenvalue weighted by atomic mass is 9.56. The fraction of sp³-hybridized carbons (Fsp3) is 1.00. The molecule has 2 aliphatic carbocycles. The van der Waals surface area contributed by atoms with Gasteiger partial charge in [0.1, 0.15) is 0 Å². The molecule has 20 heavy (non-hydrogen) atoms. The van der Waals surface area contributed by atoms with Crippen molar-refractivity contribution < 1.29 is 0 Å². The second-order valence-corrected chi connectivity index (χ2v) is 8.69. The highest BCUT2D eigenvalue weighted by molar-refractivity contribution is 5.01. The summed E-state index contributed by atoms with van der Waals surface area (Å²) in [4.78, 5) is 0. The van der Waals surface area contributed by atoms with E-state index in [1.165, 1.54) is 57.8 Å². The topological polar surface area (TPSA) is 0 Å². The lowest BCUT2D eigenvalue weighted by Crippen LogP contribution is -2.41. The number of hydrogen-bond acceptors (Lipinski definition) is 0. The largest absolute Gasteiger partial charge is 0.0654 e. The van der Waals surface area contributed by atoms with Gasteiger partial charge in [0.25, 0.3) is 0 Å². The quantitative estimate of drug-likeness (QED) is 0.475. The first kappa shape index (κ1) is 16.4. The average molecular weight is 279 g/mol. The van der Waals surface area contributed by atoms with Crippen molar-refractivity contribution in [3.63, 3.8) is 0 Å². The van der Waals surface area contributed by atoms with Crippen LogP contribution in [0.4, 0.5) is 0 Å². The summed E-state index contributed by atoms with van der Waals surface area (Å²) in [6, 6.07) is 0. The number of hydrogen-bond donors (Lipinski definition) is 0. The van der Waals surface area contributed by atoms with E-state index in [0.29, 0.717) is 5.41 Å². The second-order valence-electron chi connectivity index (χ2n) is 8.69. The molecule has 5 atom stereocenters. The van der Waals surface area contributed by atoms with Crippen LogP contribution in [0.5, 0.6) is 0 Å². The third-order valence-corrected chi connectivity index (χ3v) is 6.89. The van der Waals surface area contributed by atoms with Crippen molar-refractivity contribution in [2.75, 3.05) is 0 Å². The molecular formula is C20H38. The third kappa shape index (κ3) is 3.25. The van der Waals surface area contributed by atoms with Crippen LogP contribution in [0.15, 0.2) is 0 Å². The van der Waals surface area contributed by atoms with E-state index in [4.69, 9.17) is 0 Å². The van der Waals surface area contributed by atoms with Crippen LogP contribution >= 0.6 is 0 Å². The molecule has 0 aromatic rings. The molecule has 0 heteroatoms. The Labute approximate surface area is 128 Å². The lowest BCUT2D eigenvalue weighted by Gasteiger charge is -2.49. The van der Waals surface area contributed by atoms with Crippen molar-refractivity contribution in [2.24, 2.45) is 35.0 Å². The van der Waals surface area contributed by atoms with Crippen LogP contribution in [-0.2, 0) is 0 Å². The first-order chi connectivity index (χ1) is 9.49. The van der Waals surface area contributed by atoms with Gasteiger partial charge in [-0.3, -0.25) is 0 Å². The Morgan fingerprint density at radius 2 is 1.85 bits per heavy atom. The molecule has 118 valence electrons. The first-order valence-corrected chi connectivity index (χ1v) is 9.49. The molecule has 0 bridgehead atoms. The van der Waals surface area contributed by atoms with E-state index in [9.17, 15) is 0 Å². The highest BCUT2D eigenvalue weighted by atomic mass is 14.6. The SMILES string of the molecule is CCCCCC1CCC2C(CC(C)C)C(C)CCC12C. The molecule has 0 aromatic carbocycles. The lowest BCUT2D eigenvalue weighted by molar-refractivity contribution is 0.00588. The minimum absolute atomic E-state index is 0.694. The van der Waals surface area contributed by atoms with E-state index >= 15 is 0 Å². The van der Waals surface area contributed by atoms with Gasteiger partial charge >= 0.3 is 0 Å². The molecule has 0 N–H and O–H groups in total. The normalized spacial score (nSPS) is 41.1. The van der Waals surface area contributed by atoms with Crippen molar-refractivity contribution in [2.45, 2.75) is 92.4 Å². The Bertz CT molecular complexity index is 292. The average Bonchev–Trinajstić information content (AvgIpc) is 2.71. The van der Waals surface area contributed by atoms with E-state index in [-0.39, 0.29) is 0 Å². The summed E-state index contributed by atoms with van der Waals surface area (Å²) in [5.41, 5.74) is 0.694. The Kier molecular flexibility index (Phi) is 5.60. The van der Waals surface area contributed by atoms with Gasteiger partial charge in [0.2, 0.25) is 0 Å². The van der Waals surface area contributed by atoms with Crippen LogP contribution in [0.1, 0.15) is 92.4 Å². The molecule has 2 saturated carbocycles. The van der Waals surface area contributed by atoms with Gasteiger partial charge in [0, 0.05) is 0 Å². The van der Waals surface area contributed by atoms with Crippen molar-refractivity contribution in [3.8, 4) is 0 Å². The van der Waals surface area contributed by atoms with E-state index in [0.717, 1.165) is 29.6 Å². The van der Waals surface area contributed by atoms with Crippen molar-refractivity contribution in [1.29, 1.82) is 0 Å². The highest BCUT2D eigenvalue weighted by Crippen LogP contribution is 2.61. The fourth-order valence-electron chi connectivity index (χ4n) is 5.64. The van der Waals surface area contributed by atoms with Crippen molar-refractivity contribution >= 4 is 0 Å². The van der Waals surface area contributed by atoms with Crippen molar-refractivity contribution in [3.05, 3.63) is 0 Å². The Balaban J connectivity index is 2.04. The minimum atomic E-state index is 0.694. The number of unbranched alkanes of at least 4 members (excludes halogenated alkanes) is 2. The summed E-state index contributed by atoms with van der Waals surface area (Å²) in [6.07, 6.45) is 13.4. The maximum atomic E-state index is 2.67. The molecule has 0 radical (unpaired) electrons. The summed E-state index contributed by atoms with van der Waals surface area (Å²) in [7, 11) is 0. The second kappa shape index (κ2) is 6.84.